The predicted molar refractivity (Wildman–Crippen MR) is 237 cm³/mol. The fraction of sp³-hybridized carbons (Fsp3) is 0.261. The van der Waals surface area contributed by atoms with Crippen LogP contribution >= 0.6 is 47.0 Å². The molecule has 0 aliphatic carbocycles. The molecule has 0 spiro atoms. The zero-order valence-corrected chi connectivity index (χ0v) is 35.9. The highest BCUT2D eigenvalue weighted by Crippen LogP contribution is 2.52. The van der Waals surface area contributed by atoms with Gasteiger partial charge in [0.2, 0.25) is 0 Å². The molecule has 0 atom stereocenters. The summed E-state index contributed by atoms with van der Waals surface area (Å²) in [5.41, 5.74) is 4.27. The van der Waals surface area contributed by atoms with E-state index in [4.69, 9.17) is 18.9 Å². The van der Waals surface area contributed by atoms with Gasteiger partial charge >= 0.3 is 23.9 Å². The molecule has 3 aromatic rings. The average molecular weight is 851 g/mol. The SMILES string of the molecule is CCCOC(=O)C1=C(C(=O)OCCC)SC(=Cc2cc(C#Cc3ccccc3)c(C=C3SC(C(=O)OCCC)=C(C(=O)OCCC)S3)cc2C#Cc2ccccc2)S1. The second-order valence-electron chi connectivity index (χ2n) is 12.5. The number of hydrogen-bond donors (Lipinski definition) is 0. The van der Waals surface area contributed by atoms with Crippen molar-refractivity contribution in [2.24, 2.45) is 0 Å². The molecule has 5 rings (SSSR count). The molecule has 0 fully saturated rings. The van der Waals surface area contributed by atoms with Crippen LogP contribution in [0, 0.1) is 23.7 Å². The van der Waals surface area contributed by atoms with E-state index in [1.54, 1.807) is 0 Å². The van der Waals surface area contributed by atoms with Gasteiger partial charge in [-0.25, -0.2) is 19.2 Å². The number of hydrogen-bond acceptors (Lipinski definition) is 12. The van der Waals surface area contributed by atoms with Gasteiger partial charge in [-0.1, -0.05) is 135 Å². The Labute approximate surface area is 357 Å². The summed E-state index contributed by atoms with van der Waals surface area (Å²) in [6, 6.07) is 23.0. The molecular formula is C46H42O8S4. The van der Waals surface area contributed by atoms with Crippen molar-refractivity contribution in [2.75, 3.05) is 26.4 Å². The molecule has 298 valence electrons. The fourth-order valence-electron chi connectivity index (χ4n) is 4.99. The summed E-state index contributed by atoms with van der Waals surface area (Å²) in [6.45, 7) is 8.48. The Bertz CT molecular complexity index is 2040. The third kappa shape index (κ3) is 12.5. The first-order chi connectivity index (χ1) is 28.2. The molecule has 3 aromatic carbocycles. The summed E-state index contributed by atoms with van der Waals surface area (Å²) in [5, 5.41) is 0. The van der Waals surface area contributed by atoms with Crippen LogP contribution in [0.15, 0.2) is 101 Å². The number of carbonyl (C=O) groups excluding carboxylic acids is 4. The lowest BCUT2D eigenvalue weighted by molar-refractivity contribution is -0.141. The summed E-state index contributed by atoms with van der Waals surface area (Å²) >= 11 is 4.61. The molecule has 0 aromatic heterocycles. The van der Waals surface area contributed by atoms with Crippen LogP contribution in [-0.2, 0) is 38.1 Å². The zero-order valence-electron chi connectivity index (χ0n) is 32.6. The van der Waals surface area contributed by atoms with Gasteiger partial charge in [-0.05, 0) is 85.4 Å². The van der Waals surface area contributed by atoms with Crippen LogP contribution in [0.1, 0.15) is 86.8 Å². The van der Waals surface area contributed by atoms with E-state index in [9.17, 15) is 19.2 Å². The predicted octanol–water partition coefficient (Wildman–Crippen LogP) is 10.3. The maximum Gasteiger partial charge on any atom is 0.346 e. The summed E-state index contributed by atoms with van der Waals surface area (Å²) < 4.78 is 23.1. The average Bonchev–Trinajstić information content (AvgIpc) is 3.88. The van der Waals surface area contributed by atoms with Crippen molar-refractivity contribution in [2.45, 2.75) is 53.4 Å². The quantitative estimate of drug-likeness (QED) is 0.0876. The first kappa shape index (κ1) is 44.1. The Hall–Kier alpha value is -4.98. The van der Waals surface area contributed by atoms with Crippen molar-refractivity contribution in [3.05, 3.63) is 134 Å². The third-order valence-electron chi connectivity index (χ3n) is 7.71. The molecule has 0 unspecified atom stereocenters. The second kappa shape index (κ2) is 22.8. The van der Waals surface area contributed by atoms with Crippen molar-refractivity contribution < 1.29 is 38.1 Å². The van der Waals surface area contributed by atoms with Gasteiger partial charge in [0.1, 0.15) is 19.6 Å². The number of thioether (sulfide) groups is 4. The van der Waals surface area contributed by atoms with Gasteiger partial charge in [0.05, 0.1) is 34.9 Å². The fourth-order valence-corrected chi connectivity index (χ4v) is 9.65. The highest BCUT2D eigenvalue weighted by Gasteiger charge is 2.34. The number of esters is 4. The van der Waals surface area contributed by atoms with Gasteiger partial charge in [-0.3, -0.25) is 0 Å². The van der Waals surface area contributed by atoms with Crippen LogP contribution in [-0.4, -0.2) is 50.3 Å². The first-order valence-corrected chi connectivity index (χ1v) is 22.1. The summed E-state index contributed by atoms with van der Waals surface area (Å²) in [7, 11) is 0. The highest BCUT2D eigenvalue weighted by atomic mass is 32.2. The van der Waals surface area contributed by atoms with Gasteiger partial charge in [0.25, 0.3) is 0 Å². The summed E-state index contributed by atoms with van der Waals surface area (Å²) in [4.78, 5) is 53.4. The Morgan fingerprint density at radius 3 is 1.03 bits per heavy atom. The molecule has 2 heterocycles. The lowest BCUT2D eigenvalue weighted by atomic mass is 9.98. The van der Waals surface area contributed by atoms with Crippen molar-refractivity contribution in [3.63, 3.8) is 0 Å². The maximum atomic E-state index is 13.2. The minimum absolute atomic E-state index is 0.178. The largest absolute Gasteiger partial charge is 0.462 e. The Kier molecular flexibility index (Phi) is 17.4. The lowest BCUT2D eigenvalue weighted by Gasteiger charge is -2.09. The lowest BCUT2D eigenvalue weighted by Crippen LogP contribution is -2.12. The van der Waals surface area contributed by atoms with Crippen molar-refractivity contribution >= 4 is 83.1 Å². The summed E-state index contributed by atoms with van der Waals surface area (Å²) in [5.74, 6) is 10.9. The topological polar surface area (TPSA) is 105 Å². The van der Waals surface area contributed by atoms with Gasteiger partial charge in [-0.2, -0.15) is 0 Å². The maximum absolute atomic E-state index is 13.2. The van der Waals surface area contributed by atoms with E-state index >= 15 is 0 Å². The number of carbonyl (C=O) groups is 4. The van der Waals surface area contributed by atoms with Crippen molar-refractivity contribution in [3.8, 4) is 23.7 Å². The zero-order chi connectivity index (χ0) is 41.3. The van der Waals surface area contributed by atoms with Crippen LogP contribution in [0.4, 0.5) is 0 Å². The molecule has 0 bridgehead atoms. The molecule has 0 N–H and O–H groups in total. The monoisotopic (exact) mass is 850 g/mol. The Morgan fingerprint density at radius 2 is 0.759 bits per heavy atom. The van der Waals surface area contributed by atoms with Crippen LogP contribution < -0.4 is 0 Å². The minimum atomic E-state index is -0.581. The van der Waals surface area contributed by atoms with Crippen LogP contribution in [0.2, 0.25) is 0 Å². The molecule has 0 saturated carbocycles. The normalized spacial score (nSPS) is 13.2. The van der Waals surface area contributed by atoms with E-state index in [0.717, 1.165) is 58.2 Å². The smallest absolute Gasteiger partial charge is 0.346 e. The minimum Gasteiger partial charge on any atom is -0.462 e. The molecule has 2 aliphatic heterocycles. The van der Waals surface area contributed by atoms with E-state index < -0.39 is 23.9 Å². The van der Waals surface area contributed by atoms with Crippen molar-refractivity contribution in [1.82, 2.24) is 0 Å². The van der Waals surface area contributed by atoms with Crippen LogP contribution in [0.25, 0.3) is 12.2 Å². The Morgan fingerprint density at radius 1 is 0.466 bits per heavy atom. The van der Waals surface area contributed by atoms with E-state index in [1.807, 2.05) is 113 Å². The number of benzene rings is 3. The molecule has 58 heavy (non-hydrogen) atoms. The van der Waals surface area contributed by atoms with E-state index in [2.05, 4.69) is 23.7 Å². The van der Waals surface area contributed by atoms with Crippen LogP contribution in [0.3, 0.4) is 0 Å². The standard InChI is InChI=1S/C46H42O8S4/c1-5-23-51-43(47)39-40(44(48)52-24-6-2)56-37(55-39)29-35-27-34(22-20-32-17-13-10-14-18-32)36(28-33(35)21-19-31-15-11-9-12-16-31)30-38-57-41(45(49)53-25-7-3)42(58-38)46(50)54-26-8-4/h9-18,27-30H,5-8,23-26H2,1-4H3. The first-order valence-electron chi connectivity index (χ1n) is 18.9. The second-order valence-corrected chi connectivity index (χ2v) is 17.2. The van der Waals surface area contributed by atoms with Crippen molar-refractivity contribution in [1.29, 1.82) is 0 Å². The molecule has 12 heteroatoms. The van der Waals surface area contributed by atoms with E-state index in [1.165, 1.54) is 0 Å². The number of rotatable bonds is 14. The van der Waals surface area contributed by atoms with Crippen LogP contribution in [0.5, 0.6) is 0 Å². The van der Waals surface area contributed by atoms with E-state index in [-0.39, 0.29) is 46.0 Å². The molecule has 0 radical (unpaired) electrons. The molecule has 8 nitrogen and oxygen atoms in total. The summed E-state index contributed by atoms with van der Waals surface area (Å²) in [6.07, 6.45) is 6.30. The van der Waals surface area contributed by atoms with Gasteiger partial charge in [0, 0.05) is 22.3 Å². The molecular weight excluding hydrogens is 809 g/mol. The van der Waals surface area contributed by atoms with E-state index in [0.29, 0.717) is 56.4 Å². The third-order valence-corrected chi connectivity index (χ3v) is 12.5. The van der Waals surface area contributed by atoms with Gasteiger partial charge < -0.3 is 18.9 Å². The Balaban J connectivity index is 1.64. The highest BCUT2D eigenvalue weighted by molar-refractivity contribution is 8.30. The molecule has 0 amide bonds. The molecule has 0 saturated heterocycles. The number of ether oxygens (including phenoxy) is 4. The van der Waals surface area contributed by atoms with Gasteiger partial charge in [-0.15, -0.1) is 0 Å². The molecule has 2 aliphatic rings. The van der Waals surface area contributed by atoms with Gasteiger partial charge in [0.15, 0.2) is 0 Å².